The van der Waals surface area contributed by atoms with E-state index in [1.54, 1.807) is 37.3 Å². The fraction of sp³-hybridized carbons (Fsp3) is 0.333. The molecule has 9 heteroatoms. The predicted octanol–water partition coefficient (Wildman–Crippen LogP) is 2.64. The summed E-state index contributed by atoms with van der Waals surface area (Å²) in [7, 11) is 0. The number of hydrogen-bond acceptors (Lipinski definition) is 6. The summed E-state index contributed by atoms with van der Waals surface area (Å²) in [4.78, 5) is 52.1. The first-order valence-electron chi connectivity index (χ1n) is 10.5. The molecule has 0 radical (unpaired) electrons. The first-order chi connectivity index (χ1) is 15.8. The Hall–Kier alpha value is -3.33. The minimum atomic E-state index is -1.06. The van der Waals surface area contributed by atoms with E-state index >= 15 is 0 Å². The van der Waals surface area contributed by atoms with Crippen LogP contribution in [0, 0.1) is 13.8 Å². The number of nitrogens with zero attached hydrogens (tertiary/aromatic N) is 1. The third kappa shape index (κ3) is 5.19. The van der Waals surface area contributed by atoms with Crippen molar-refractivity contribution < 1.29 is 23.9 Å². The molecule has 2 atom stereocenters. The standard InChI is InChI=1S/C24H27N3O5S/c1-14-8-7-11-20(15(14)2)32-16(3)21(28)25-26-22(29)19(12-13-33-4)27-23(30)17-9-5-6-10-18(17)24(27)31/h5-11,16,19H,12-13H2,1-4H3,(H,25,28)(H,26,29). The summed E-state index contributed by atoms with van der Waals surface area (Å²) in [6, 6.07) is 11.0. The Morgan fingerprint density at radius 3 is 2.18 bits per heavy atom. The van der Waals surface area contributed by atoms with Crippen molar-refractivity contribution in [3.8, 4) is 5.75 Å². The zero-order chi connectivity index (χ0) is 24.1. The molecule has 0 saturated carbocycles. The van der Waals surface area contributed by atoms with Crippen LogP contribution in [0.15, 0.2) is 42.5 Å². The maximum atomic E-state index is 12.9. The van der Waals surface area contributed by atoms with Gasteiger partial charge in [-0.05, 0) is 68.5 Å². The number of fused-ring (bicyclic) bond motifs is 1. The molecule has 8 nitrogen and oxygen atoms in total. The molecule has 0 fully saturated rings. The summed E-state index contributed by atoms with van der Waals surface area (Å²) in [5, 5.41) is 0. The number of benzene rings is 2. The van der Waals surface area contributed by atoms with Gasteiger partial charge in [0, 0.05) is 0 Å². The summed E-state index contributed by atoms with van der Waals surface area (Å²) in [6.45, 7) is 5.41. The highest BCUT2D eigenvalue weighted by molar-refractivity contribution is 7.98. The van der Waals surface area contributed by atoms with Crippen molar-refractivity contribution >= 4 is 35.4 Å². The second-order valence-corrected chi connectivity index (χ2v) is 8.75. The van der Waals surface area contributed by atoms with Crippen LogP contribution in [0.4, 0.5) is 0 Å². The maximum absolute atomic E-state index is 12.9. The van der Waals surface area contributed by atoms with E-state index in [2.05, 4.69) is 10.9 Å². The Morgan fingerprint density at radius 1 is 0.970 bits per heavy atom. The van der Waals surface area contributed by atoms with Gasteiger partial charge < -0.3 is 4.74 Å². The first kappa shape index (κ1) is 24.3. The van der Waals surface area contributed by atoms with Crippen molar-refractivity contribution in [1.82, 2.24) is 15.8 Å². The minimum Gasteiger partial charge on any atom is -0.481 e. The van der Waals surface area contributed by atoms with E-state index in [1.807, 2.05) is 32.2 Å². The number of nitrogens with one attached hydrogen (secondary N) is 2. The lowest BCUT2D eigenvalue weighted by atomic mass is 10.1. The lowest BCUT2D eigenvalue weighted by Crippen LogP contribution is -2.55. The molecule has 1 heterocycles. The van der Waals surface area contributed by atoms with Crippen LogP contribution in [-0.2, 0) is 9.59 Å². The van der Waals surface area contributed by atoms with Gasteiger partial charge in [-0.25, -0.2) is 0 Å². The number of aryl methyl sites for hydroxylation is 1. The van der Waals surface area contributed by atoms with E-state index in [0.717, 1.165) is 16.0 Å². The van der Waals surface area contributed by atoms with Crippen LogP contribution in [0.5, 0.6) is 5.75 Å². The third-order valence-electron chi connectivity index (χ3n) is 5.57. The Morgan fingerprint density at radius 2 is 1.58 bits per heavy atom. The highest BCUT2D eigenvalue weighted by Gasteiger charge is 2.42. The van der Waals surface area contributed by atoms with E-state index in [1.165, 1.54) is 11.8 Å². The molecule has 1 aliphatic rings. The number of carbonyl (C=O) groups excluding carboxylic acids is 4. The number of thioether (sulfide) groups is 1. The van der Waals surface area contributed by atoms with Gasteiger partial charge in [0.2, 0.25) is 0 Å². The van der Waals surface area contributed by atoms with Crippen molar-refractivity contribution in [3.63, 3.8) is 0 Å². The number of carbonyl (C=O) groups is 4. The molecule has 0 saturated heterocycles. The second kappa shape index (κ2) is 10.5. The molecular formula is C24H27N3O5S. The van der Waals surface area contributed by atoms with Crippen LogP contribution in [-0.4, -0.2) is 52.7 Å². The largest absolute Gasteiger partial charge is 0.481 e. The van der Waals surface area contributed by atoms with Crippen LogP contribution in [0.2, 0.25) is 0 Å². The Balaban J connectivity index is 1.67. The molecule has 2 aromatic carbocycles. The van der Waals surface area contributed by atoms with E-state index < -0.39 is 35.8 Å². The van der Waals surface area contributed by atoms with Gasteiger partial charge in [0.1, 0.15) is 11.8 Å². The quantitative estimate of drug-likeness (QED) is 0.455. The van der Waals surface area contributed by atoms with Crippen LogP contribution >= 0.6 is 11.8 Å². The fourth-order valence-corrected chi connectivity index (χ4v) is 3.96. The number of hydrogen-bond donors (Lipinski definition) is 2. The smallest absolute Gasteiger partial charge is 0.279 e. The van der Waals surface area contributed by atoms with Gasteiger partial charge >= 0.3 is 0 Å². The second-order valence-electron chi connectivity index (χ2n) is 7.76. The van der Waals surface area contributed by atoms with E-state index in [-0.39, 0.29) is 17.5 Å². The summed E-state index contributed by atoms with van der Waals surface area (Å²) < 4.78 is 5.74. The summed E-state index contributed by atoms with van der Waals surface area (Å²) in [5.74, 6) is -1.12. The average Bonchev–Trinajstić information content (AvgIpc) is 3.06. The topological polar surface area (TPSA) is 105 Å². The zero-order valence-corrected chi connectivity index (χ0v) is 19.8. The molecule has 4 amide bonds. The van der Waals surface area contributed by atoms with Gasteiger partial charge in [-0.1, -0.05) is 24.3 Å². The van der Waals surface area contributed by atoms with Crippen molar-refractivity contribution in [2.24, 2.45) is 0 Å². The number of imide groups is 1. The zero-order valence-electron chi connectivity index (χ0n) is 19.0. The van der Waals surface area contributed by atoms with Gasteiger partial charge in [-0.3, -0.25) is 34.9 Å². The Bertz CT molecular complexity index is 1050. The van der Waals surface area contributed by atoms with Crippen LogP contribution in [0.25, 0.3) is 0 Å². The van der Waals surface area contributed by atoms with Crippen molar-refractivity contribution in [1.29, 1.82) is 0 Å². The molecule has 174 valence electrons. The highest BCUT2D eigenvalue weighted by atomic mass is 32.2. The molecule has 0 aromatic heterocycles. The molecule has 1 aliphatic heterocycles. The van der Waals surface area contributed by atoms with Crippen molar-refractivity contribution in [2.75, 3.05) is 12.0 Å². The summed E-state index contributed by atoms with van der Waals surface area (Å²) in [5.41, 5.74) is 7.19. The predicted molar refractivity (Wildman–Crippen MR) is 126 cm³/mol. The summed E-state index contributed by atoms with van der Waals surface area (Å²) >= 11 is 1.49. The molecule has 33 heavy (non-hydrogen) atoms. The number of amides is 4. The fourth-order valence-electron chi connectivity index (χ4n) is 3.50. The SMILES string of the molecule is CSCCC(C(=O)NNC(=O)C(C)Oc1cccc(C)c1C)N1C(=O)c2ccccc2C1=O. The molecule has 2 aromatic rings. The number of ether oxygens (including phenoxy) is 1. The van der Waals surface area contributed by atoms with Crippen LogP contribution < -0.4 is 15.6 Å². The Labute approximate surface area is 197 Å². The molecule has 0 bridgehead atoms. The lowest BCUT2D eigenvalue weighted by Gasteiger charge is -2.25. The van der Waals surface area contributed by atoms with Crippen LogP contribution in [0.1, 0.15) is 45.2 Å². The number of rotatable bonds is 8. The van der Waals surface area contributed by atoms with E-state index in [4.69, 9.17) is 4.74 Å². The lowest BCUT2D eigenvalue weighted by molar-refractivity contribution is -0.134. The summed E-state index contributed by atoms with van der Waals surface area (Å²) in [6.07, 6.45) is 1.24. The molecule has 2 N–H and O–H groups in total. The Kier molecular flexibility index (Phi) is 7.75. The van der Waals surface area contributed by atoms with Gasteiger partial charge in [0.05, 0.1) is 11.1 Å². The minimum absolute atomic E-state index is 0.253. The third-order valence-corrected chi connectivity index (χ3v) is 6.22. The highest BCUT2D eigenvalue weighted by Crippen LogP contribution is 2.26. The van der Waals surface area contributed by atoms with Gasteiger partial charge in [0.25, 0.3) is 23.6 Å². The van der Waals surface area contributed by atoms with Crippen LogP contribution in [0.3, 0.4) is 0 Å². The van der Waals surface area contributed by atoms with Gasteiger partial charge in [-0.15, -0.1) is 0 Å². The molecule has 2 unspecified atom stereocenters. The molecule has 0 aliphatic carbocycles. The van der Waals surface area contributed by atoms with E-state index in [0.29, 0.717) is 11.5 Å². The maximum Gasteiger partial charge on any atom is 0.279 e. The van der Waals surface area contributed by atoms with Gasteiger partial charge in [-0.2, -0.15) is 11.8 Å². The molecule has 3 rings (SSSR count). The van der Waals surface area contributed by atoms with Crippen molar-refractivity contribution in [3.05, 3.63) is 64.7 Å². The number of hydrazine groups is 1. The normalized spacial score (nSPS) is 14.5. The molecular weight excluding hydrogens is 442 g/mol. The monoisotopic (exact) mass is 469 g/mol. The van der Waals surface area contributed by atoms with Gasteiger partial charge in [0.15, 0.2) is 6.10 Å². The average molecular weight is 470 g/mol. The van der Waals surface area contributed by atoms with Crippen molar-refractivity contribution in [2.45, 2.75) is 39.3 Å². The van der Waals surface area contributed by atoms with E-state index in [9.17, 15) is 19.2 Å². The first-order valence-corrected chi connectivity index (χ1v) is 11.9. The molecule has 0 spiro atoms.